The molecule has 16 heavy (non-hydrogen) atoms. The van der Waals surface area contributed by atoms with E-state index in [-0.39, 0.29) is 11.4 Å². The minimum Gasteiger partial charge on any atom is -0.346 e. The highest BCUT2D eigenvalue weighted by Gasteiger charge is 2.19. The van der Waals surface area contributed by atoms with Crippen molar-refractivity contribution in [3.05, 3.63) is 33.8 Å². The Morgan fingerprint density at radius 1 is 1.50 bits per heavy atom. The predicted octanol–water partition coefficient (Wildman–Crippen LogP) is 2.22. The van der Waals surface area contributed by atoms with Crippen molar-refractivity contribution in [1.29, 1.82) is 0 Å². The van der Waals surface area contributed by atoms with Gasteiger partial charge in [-0.1, -0.05) is 15.9 Å². The van der Waals surface area contributed by atoms with E-state index in [1.165, 1.54) is 0 Å². The molecule has 0 saturated carbocycles. The molecule has 0 saturated heterocycles. The Labute approximate surface area is 105 Å². The van der Waals surface area contributed by atoms with Gasteiger partial charge in [0.25, 0.3) is 5.91 Å². The molecule has 1 amide bonds. The molecule has 0 aromatic heterocycles. The third kappa shape index (κ3) is 3.32. The molecule has 0 aliphatic carbocycles. The molecular formula is C12H17BrN2O. The summed E-state index contributed by atoms with van der Waals surface area (Å²) in [7, 11) is 0. The first-order chi connectivity index (χ1) is 7.35. The lowest BCUT2D eigenvalue weighted by molar-refractivity contribution is 0.0915. The van der Waals surface area contributed by atoms with Crippen molar-refractivity contribution in [2.75, 3.05) is 6.54 Å². The van der Waals surface area contributed by atoms with Gasteiger partial charge in [-0.3, -0.25) is 4.79 Å². The number of carbonyl (C=O) groups excluding carboxylic acids is 1. The van der Waals surface area contributed by atoms with Crippen molar-refractivity contribution >= 4 is 21.8 Å². The molecule has 0 bridgehead atoms. The van der Waals surface area contributed by atoms with Crippen molar-refractivity contribution < 1.29 is 4.79 Å². The maximum atomic E-state index is 11.9. The number of hydrogen-bond acceptors (Lipinski definition) is 2. The number of aryl methyl sites for hydroxylation is 1. The molecule has 4 heteroatoms. The zero-order chi connectivity index (χ0) is 12.3. The van der Waals surface area contributed by atoms with Gasteiger partial charge in [0.2, 0.25) is 0 Å². The number of hydrogen-bond donors (Lipinski definition) is 2. The monoisotopic (exact) mass is 284 g/mol. The van der Waals surface area contributed by atoms with Gasteiger partial charge in [-0.2, -0.15) is 0 Å². The van der Waals surface area contributed by atoms with Crippen molar-refractivity contribution in [2.24, 2.45) is 5.73 Å². The van der Waals surface area contributed by atoms with Crippen molar-refractivity contribution in [2.45, 2.75) is 26.3 Å². The first-order valence-electron chi connectivity index (χ1n) is 5.14. The summed E-state index contributed by atoms with van der Waals surface area (Å²) < 4.78 is 1.00. The van der Waals surface area contributed by atoms with Crippen molar-refractivity contribution in [1.82, 2.24) is 5.32 Å². The maximum absolute atomic E-state index is 11.9. The Balaban J connectivity index is 2.85. The molecule has 0 radical (unpaired) electrons. The van der Waals surface area contributed by atoms with E-state index >= 15 is 0 Å². The molecule has 0 aliphatic rings. The number of carbonyl (C=O) groups is 1. The van der Waals surface area contributed by atoms with Crippen LogP contribution in [0, 0.1) is 6.92 Å². The van der Waals surface area contributed by atoms with E-state index in [2.05, 4.69) is 21.2 Å². The Morgan fingerprint density at radius 3 is 2.62 bits per heavy atom. The minimum absolute atomic E-state index is 0.0916. The first-order valence-corrected chi connectivity index (χ1v) is 5.94. The van der Waals surface area contributed by atoms with Crippen LogP contribution < -0.4 is 11.1 Å². The summed E-state index contributed by atoms with van der Waals surface area (Å²) >= 11 is 3.40. The van der Waals surface area contributed by atoms with E-state index in [9.17, 15) is 4.79 Å². The number of benzene rings is 1. The van der Waals surface area contributed by atoms with Gasteiger partial charge in [0.15, 0.2) is 0 Å². The van der Waals surface area contributed by atoms with Gasteiger partial charge in [0.05, 0.1) is 0 Å². The molecule has 3 N–H and O–H groups in total. The Morgan fingerprint density at radius 2 is 2.12 bits per heavy atom. The predicted molar refractivity (Wildman–Crippen MR) is 69.5 cm³/mol. The van der Waals surface area contributed by atoms with Crippen LogP contribution in [0.1, 0.15) is 29.8 Å². The smallest absolute Gasteiger partial charge is 0.251 e. The van der Waals surface area contributed by atoms with Crippen LogP contribution in [0.3, 0.4) is 0 Å². The third-order valence-electron chi connectivity index (χ3n) is 2.38. The highest BCUT2D eigenvalue weighted by Crippen LogP contribution is 2.17. The van der Waals surface area contributed by atoms with Crippen molar-refractivity contribution in [3.63, 3.8) is 0 Å². The highest BCUT2D eigenvalue weighted by atomic mass is 79.9. The van der Waals surface area contributed by atoms with E-state index < -0.39 is 0 Å². The highest BCUT2D eigenvalue weighted by molar-refractivity contribution is 9.10. The van der Waals surface area contributed by atoms with E-state index in [0.717, 1.165) is 10.0 Å². The van der Waals surface area contributed by atoms with Crippen LogP contribution >= 0.6 is 15.9 Å². The minimum atomic E-state index is -0.377. The topological polar surface area (TPSA) is 55.1 Å². The van der Waals surface area contributed by atoms with Gasteiger partial charge in [0, 0.05) is 22.1 Å². The van der Waals surface area contributed by atoms with Crippen LogP contribution in [0.5, 0.6) is 0 Å². The summed E-state index contributed by atoms with van der Waals surface area (Å²) in [4.78, 5) is 11.9. The summed E-state index contributed by atoms with van der Waals surface area (Å²) in [6.07, 6.45) is 0. The Bertz CT molecular complexity index is 402. The van der Waals surface area contributed by atoms with Gasteiger partial charge >= 0.3 is 0 Å². The van der Waals surface area contributed by atoms with Crippen LogP contribution in [0.4, 0.5) is 0 Å². The van der Waals surface area contributed by atoms with Crippen molar-refractivity contribution in [3.8, 4) is 0 Å². The zero-order valence-electron chi connectivity index (χ0n) is 9.80. The second-order valence-corrected chi connectivity index (χ2v) is 5.36. The second kappa shape index (κ2) is 4.97. The van der Waals surface area contributed by atoms with Gasteiger partial charge in [-0.25, -0.2) is 0 Å². The first kappa shape index (κ1) is 13.2. The molecule has 3 nitrogen and oxygen atoms in total. The van der Waals surface area contributed by atoms with Gasteiger partial charge < -0.3 is 11.1 Å². The molecule has 1 aromatic rings. The summed E-state index contributed by atoms with van der Waals surface area (Å²) in [5, 5.41) is 2.89. The van der Waals surface area contributed by atoms with Gasteiger partial charge in [-0.05, 0) is 44.5 Å². The van der Waals surface area contributed by atoms with E-state index in [1.54, 1.807) is 6.07 Å². The molecular weight excluding hydrogens is 268 g/mol. The molecule has 88 valence electrons. The lowest BCUT2D eigenvalue weighted by Crippen LogP contribution is -2.48. The quantitative estimate of drug-likeness (QED) is 0.894. The van der Waals surface area contributed by atoms with Crippen LogP contribution in [0.2, 0.25) is 0 Å². The molecule has 0 fully saturated rings. The van der Waals surface area contributed by atoms with Crippen LogP contribution in [-0.2, 0) is 0 Å². The molecule has 1 aromatic carbocycles. The van der Waals surface area contributed by atoms with Crippen LogP contribution in [0.15, 0.2) is 22.7 Å². The normalized spacial score (nSPS) is 11.3. The lowest BCUT2D eigenvalue weighted by Gasteiger charge is -2.24. The summed E-state index contributed by atoms with van der Waals surface area (Å²) in [5.74, 6) is -0.0916. The SMILES string of the molecule is Cc1cc(C(=O)NC(C)(C)CN)ccc1Br. The zero-order valence-corrected chi connectivity index (χ0v) is 11.4. The molecule has 1 rings (SSSR count). The largest absolute Gasteiger partial charge is 0.346 e. The number of nitrogens with two attached hydrogens (primary N) is 1. The fourth-order valence-corrected chi connectivity index (χ4v) is 1.46. The molecule has 0 unspecified atom stereocenters. The Hall–Kier alpha value is -0.870. The van der Waals surface area contributed by atoms with Gasteiger partial charge in [0.1, 0.15) is 0 Å². The number of halogens is 1. The summed E-state index contributed by atoms with van der Waals surface area (Å²) in [6.45, 7) is 6.16. The van der Waals surface area contributed by atoms with E-state index in [4.69, 9.17) is 5.73 Å². The number of rotatable bonds is 3. The molecule has 0 aliphatic heterocycles. The summed E-state index contributed by atoms with van der Waals surface area (Å²) in [5.41, 5.74) is 6.88. The third-order valence-corrected chi connectivity index (χ3v) is 3.27. The maximum Gasteiger partial charge on any atom is 0.251 e. The van der Waals surface area contributed by atoms with Gasteiger partial charge in [-0.15, -0.1) is 0 Å². The Kier molecular flexibility index (Phi) is 4.10. The average molecular weight is 285 g/mol. The fourth-order valence-electron chi connectivity index (χ4n) is 1.22. The summed E-state index contributed by atoms with van der Waals surface area (Å²) in [6, 6.07) is 5.52. The second-order valence-electron chi connectivity index (χ2n) is 4.51. The van der Waals surface area contributed by atoms with E-state index in [0.29, 0.717) is 12.1 Å². The molecule has 0 atom stereocenters. The number of nitrogens with one attached hydrogen (secondary N) is 1. The van der Waals surface area contributed by atoms with E-state index in [1.807, 2.05) is 32.9 Å². The van der Waals surface area contributed by atoms with Crippen LogP contribution in [-0.4, -0.2) is 18.0 Å². The van der Waals surface area contributed by atoms with Crippen LogP contribution in [0.25, 0.3) is 0 Å². The average Bonchev–Trinajstić information content (AvgIpc) is 2.21. The fraction of sp³-hybridized carbons (Fsp3) is 0.417. The lowest BCUT2D eigenvalue weighted by atomic mass is 10.0. The molecule has 0 heterocycles. The standard InChI is InChI=1S/C12H17BrN2O/c1-8-6-9(4-5-10(8)13)11(16)15-12(2,3)7-14/h4-6H,7,14H2,1-3H3,(H,15,16). The molecule has 0 spiro atoms. The number of amides is 1.